The molecule has 51 heavy (non-hydrogen) atoms. The number of hydrogen-bond donors (Lipinski definition) is 0. The Bertz CT molecular complexity index is 2850. The second-order valence-electron chi connectivity index (χ2n) is 13.7. The van der Waals surface area contributed by atoms with Gasteiger partial charge in [-0.05, 0) is 88.0 Å². The molecule has 0 amide bonds. The predicted octanol–water partition coefficient (Wildman–Crippen LogP) is 12.2. The van der Waals surface area contributed by atoms with E-state index in [1.165, 1.54) is 77.0 Å². The predicted molar refractivity (Wildman–Crippen MR) is 212 cm³/mol. The van der Waals surface area contributed by atoms with Crippen molar-refractivity contribution >= 4 is 43.6 Å². The largest absolute Gasteiger partial charge is 0.309 e. The fourth-order valence-corrected chi connectivity index (χ4v) is 9.13. The first-order valence-electron chi connectivity index (χ1n) is 17.7. The van der Waals surface area contributed by atoms with E-state index in [0.29, 0.717) is 0 Å². The minimum Gasteiger partial charge on any atom is -0.309 e. The average molecular weight is 649 g/mol. The van der Waals surface area contributed by atoms with Gasteiger partial charge in [-0.2, -0.15) is 0 Å². The molecule has 1 aliphatic rings. The molecule has 11 rings (SSSR count). The van der Waals surface area contributed by atoms with E-state index in [0.717, 1.165) is 11.4 Å². The number of para-hydroxylation sites is 3. The van der Waals surface area contributed by atoms with Crippen LogP contribution in [0.1, 0.15) is 22.3 Å². The zero-order valence-electron chi connectivity index (χ0n) is 27.9. The number of hydrogen-bond acceptors (Lipinski definition) is 0. The SMILES string of the molecule is c1ccc(C2(c3ccccc3)c3ccccc3-c3cc4c5ccccc5n(-c5ccc(-n6c7ccccc7c7ccccc76)cc5)c4cc32)cc1. The van der Waals surface area contributed by atoms with Crippen molar-refractivity contribution in [1.82, 2.24) is 9.13 Å². The Morgan fingerprint density at radius 1 is 0.294 bits per heavy atom. The van der Waals surface area contributed by atoms with Gasteiger partial charge in [0.25, 0.3) is 0 Å². The molecule has 2 nitrogen and oxygen atoms in total. The fourth-order valence-electron chi connectivity index (χ4n) is 9.13. The van der Waals surface area contributed by atoms with Gasteiger partial charge in [0.05, 0.1) is 27.5 Å². The van der Waals surface area contributed by atoms with Crippen LogP contribution in [0.15, 0.2) is 194 Å². The number of fused-ring (bicyclic) bond motifs is 9. The molecule has 0 radical (unpaired) electrons. The molecule has 2 heterocycles. The van der Waals surface area contributed by atoms with Gasteiger partial charge < -0.3 is 9.13 Å². The van der Waals surface area contributed by atoms with Gasteiger partial charge in [0.15, 0.2) is 0 Å². The van der Waals surface area contributed by atoms with Crippen LogP contribution < -0.4 is 0 Å². The second-order valence-corrected chi connectivity index (χ2v) is 13.7. The smallest absolute Gasteiger partial charge is 0.0714 e. The van der Waals surface area contributed by atoms with E-state index in [1.54, 1.807) is 0 Å². The maximum atomic E-state index is 2.49. The van der Waals surface area contributed by atoms with Crippen LogP contribution in [0.25, 0.3) is 66.1 Å². The first-order chi connectivity index (χ1) is 25.3. The quantitative estimate of drug-likeness (QED) is 0.180. The molecule has 0 N–H and O–H groups in total. The lowest BCUT2D eigenvalue weighted by Crippen LogP contribution is -2.28. The Kier molecular flexibility index (Phi) is 5.91. The van der Waals surface area contributed by atoms with Crippen LogP contribution in [0, 0.1) is 0 Å². The Morgan fingerprint density at radius 2 is 0.725 bits per heavy atom. The molecule has 0 spiro atoms. The van der Waals surface area contributed by atoms with Crippen LogP contribution in [0.5, 0.6) is 0 Å². The molecular formula is C49H32N2. The minimum absolute atomic E-state index is 0.454. The summed E-state index contributed by atoms with van der Waals surface area (Å²) in [6.07, 6.45) is 0. The molecule has 0 fully saturated rings. The highest BCUT2D eigenvalue weighted by Gasteiger charge is 2.46. The summed E-state index contributed by atoms with van der Waals surface area (Å²) in [5.41, 5.74) is 14.5. The van der Waals surface area contributed by atoms with E-state index in [9.17, 15) is 0 Å². The van der Waals surface area contributed by atoms with Crippen LogP contribution in [-0.2, 0) is 5.41 Å². The van der Waals surface area contributed by atoms with Gasteiger partial charge in [-0.15, -0.1) is 0 Å². The van der Waals surface area contributed by atoms with Crippen molar-refractivity contribution in [2.75, 3.05) is 0 Å². The maximum Gasteiger partial charge on any atom is 0.0714 e. The monoisotopic (exact) mass is 648 g/mol. The second kappa shape index (κ2) is 10.7. The molecule has 0 aliphatic heterocycles. The number of benzene rings is 8. The van der Waals surface area contributed by atoms with Crippen molar-refractivity contribution in [1.29, 1.82) is 0 Å². The summed E-state index contributed by atoms with van der Waals surface area (Å²) < 4.78 is 4.85. The van der Waals surface area contributed by atoms with Gasteiger partial charge in [0.2, 0.25) is 0 Å². The third kappa shape index (κ3) is 3.82. The van der Waals surface area contributed by atoms with Crippen molar-refractivity contribution in [3.8, 4) is 22.5 Å². The minimum atomic E-state index is -0.454. The molecule has 2 aromatic heterocycles. The first-order valence-corrected chi connectivity index (χ1v) is 17.7. The number of aromatic nitrogens is 2. The lowest BCUT2D eigenvalue weighted by atomic mass is 9.67. The van der Waals surface area contributed by atoms with E-state index < -0.39 is 5.41 Å². The lowest BCUT2D eigenvalue weighted by Gasteiger charge is -2.34. The molecule has 2 heteroatoms. The van der Waals surface area contributed by atoms with Crippen molar-refractivity contribution in [2.45, 2.75) is 5.41 Å². The number of nitrogens with zero attached hydrogens (tertiary/aromatic N) is 2. The third-order valence-electron chi connectivity index (χ3n) is 11.2. The zero-order valence-corrected chi connectivity index (χ0v) is 27.9. The van der Waals surface area contributed by atoms with Crippen molar-refractivity contribution in [2.24, 2.45) is 0 Å². The van der Waals surface area contributed by atoms with E-state index in [2.05, 4.69) is 203 Å². The molecular weight excluding hydrogens is 617 g/mol. The first kappa shape index (κ1) is 28.2. The summed E-state index contributed by atoms with van der Waals surface area (Å²) in [6.45, 7) is 0. The fraction of sp³-hybridized carbons (Fsp3) is 0.0204. The molecule has 0 unspecified atom stereocenters. The van der Waals surface area contributed by atoms with E-state index in [4.69, 9.17) is 0 Å². The van der Waals surface area contributed by atoms with Gasteiger partial charge >= 0.3 is 0 Å². The average Bonchev–Trinajstić information content (AvgIpc) is 3.82. The van der Waals surface area contributed by atoms with E-state index in [-0.39, 0.29) is 0 Å². The highest BCUT2D eigenvalue weighted by molar-refractivity contribution is 6.12. The molecule has 0 bridgehead atoms. The highest BCUT2D eigenvalue weighted by atomic mass is 15.0. The summed E-state index contributed by atoms with van der Waals surface area (Å²) in [5, 5.41) is 5.07. The Morgan fingerprint density at radius 3 is 1.27 bits per heavy atom. The van der Waals surface area contributed by atoms with Crippen molar-refractivity contribution in [3.05, 3.63) is 216 Å². The third-order valence-corrected chi connectivity index (χ3v) is 11.2. The van der Waals surface area contributed by atoms with Crippen LogP contribution in [0.2, 0.25) is 0 Å². The molecule has 10 aromatic rings. The highest BCUT2D eigenvalue weighted by Crippen LogP contribution is 2.57. The summed E-state index contributed by atoms with van der Waals surface area (Å²) in [6, 6.07) is 71.5. The van der Waals surface area contributed by atoms with Crippen molar-refractivity contribution < 1.29 is 0 Å². The van der Waals surface area contributed by atoms with Gasteiger partial charge in [-0.25, -0.2) is 0 Å². The molecule has 238 valence electrons. The van der Waals surface area contributed by atoms with Gasteiger partial charge in [-0.3, -0.25) is 0 Å². The molecule has 8 aromatic carbocycles. The van der Waals surface area contributed by atoms with Gasteiger partial charge in [0.1, 0.15) is 0 Å². The van der Waals surface area contributed by atoms with E-state index in [1.807, 2.05) is 0 Å². The van der Waals surface area contributed by atoms with E-state index >= 15 is 0 Å². The van der Waals surface area contributed by atoms with Crippen LogP contribution in [-0.4, -0.2) is 9.13 Å². The molecule has 0 saturated heterocycles. The summed E-state index contributed by atoms with van der Waals surface area (Å²) >= 11 is 0. The Hall–Kier alpha value is -6.64. The standard InChI is InChI=1S/C49H32N2/c1-3-15-33(16-4-1)49(34-17-5-2-6-18-34)43-23-11-7-19-37(43)41-31-42-40-22-10-14-26-47(40)51(48(42)32-44(41)49)36-29-27-35(28-30-36)50-45-24-12-8-20-38(45)39-21-9-13-25-46(39)50/h1-32H. The van der Waals surface area contributed by atoms with Crippen LogP contribution >= 0.6 is 0 Å². The summed E-state index contributed by atoms with van der Waals surface area (Å²) in [4.78, 5) is 0. The van der Waals surface area contributed by atoms with Gasteiger partial charge in [0, 0.05) is 32.9 Å². The van der Waals surface area contributed by atoms with Gasteiger partial charge in [-0.1, -0.05) is 140 Å². The summed E-state index contributed by atoms with van der Waals surface area (Å²) in [5.74, 6) is 0. The topological polar surface area (TPSA) is 9.86 Å². The Labute approximate surface area is 296 Å². The Balaban J connectivity index is 1.19. The lowest BCUT2D eigenvalue weighted by molar-refractivity contribution is 0.769. The maximum absolute atomic E-state index is 2.49. The normalized spacial score (nSPS) is 13.3. The van der Waals surface area contributed by atoms with Crippen molar-refractivity contribution in [3.63, 3.8) is 0 Å². The van der Waals surface area contributed by atoms with Crippen LogP contribution in [0.4, 0.5) is 0 Å². The molecule has 0 saturated carbocycles. The summed E-state index contributed by atoms with van der Waals surface area (Å²) in [7, 11) is 0. The molecule has 1 aliphatic carbocycles. The van der Waals surface area contributed by atoms with Crippen LogP contribution in [0.3, 0.4) is 0 Å². The molecule has 0 atom stereocenters. The number of rotatable bonds is 4. The zero-order chi connectivity index (χ0) is 33.5.